The highest BCUT2D eigenvalue weighted by Gasteiger charge is 2.38. The van der Waals surface area contributed by atoms with Crippen LogP contribution in [0.5, 0.6) is 0 Å². The van der Waals surface area contributed by atoms with E-state index in [1.165, 1.54) is 22.2 Å². The number of rotatable bonds is 6. The number of hydrogen-bond donors (Lipinski definition) is 1. The summed E-state index contributed by atoms with van der Waals surface area (Å²) in [5.41, 5.74) is 1.27. The Labute approximate surface area is 188 Å². The van der Waals surface area contributed by atoms with Crippen molar-refractivity contribution < 1.29 is 27.5 Å². The molecule has 1 aromatic carbocycles. The van der Waals surface area contributed by atoms with Crippen LogP contribution in [0.1, 0.15) is 12.5 Å². The second-order valence-electron chi connectivity index (χ2n) is 8.16. The van der Waals surface area contributed by atoms with Crippen LogP contribution in [0.25, 0.3) is 0 Å². The molecule has 1 aromatic rings. The monoisotopic (exact) mass is 466 g/mol. The average molecular weight is 467 g/mol. The van der Waals surface area contributed by atoms with Crippen molar-refractivity contribution in [2.45, 2.75) is 24.3 Å². The number of carbonyl (C=O) groups excluding carboxylic acids is 2. The van der Waals surface area contributed by atoms with Crippen LogP contribution in [0.15, 0.2) is 23.1 Å². The van der Waals surface area contributed by atoms with E-state index in [1.54, 1.807) is 12.1 Å². The highest BCUT2D eigenvalue weighted by atomic mass is 32.2. The summed E-state index contributed by atoms with van der Waals surface area (Å²) in [6.07, 6.45) is 0.283. The smallest absolute Gasteiger partial charge is 0.243 e. The molecule has 4 rings (SSSR count). The van der Waals surface area contributed by atoms with Gasteiger partial charge in [0, 0.05) is 58.3 Å². The third kappa shape index (κ3) is 4.81. The molecule has 3 aliphatic rings. The van der Waals surface area contributed by atoms with E-state index in [0.717, 1.165) is 19.6 Å². The number of anilines is 1. The Kier molecular flexibility index (Phi) is 7.11. The zero-order valence-corrected chi connectivity index (χ0v) is 19.1. The quantitative estimate of drug-likeness (QED) is 0.598. The summed E-state index contributed by atoms with van der Waals surface area (Å²) in [7, 11) is -3.65. The molecule has 32 heavy (non-hydrogen) atoms. The fourth-order valence-corrected chi connectivity index (χ4v) is 5.86. The lowest BCUT2D eigenvalue weighted by molar-refractivity contribution is -0.125. The van der Waals surface area contributed by atoms with Gasteiger partial charge in [-0.05, 0) is 23.8 Å². The van der Waals surface area contributed by atoms with Gasteiger partial charge in [0.2, 0.25) is 21.8 Å². The first-order valence-electron chi connectivity index (χ1n) is 11.0. The largest absolute Gasteiger partial charge is 0.379 e. The van der Waals surface area contributed by atoms with Crippen LogP contribution in [-0.4, -0.2) is 101 Å². The minimum Gasteiger partial charge on any atom is -0.379 e. The summed E-state index contributed by atoms with van der Waals surface area (Å²) in [6.45, 7) is 7.05. The van der Waals surface area contributed by atoms with Gasteiger partial charge in [-0.1, -0.05) is 0 Å². The molecule has 0 radical (unpaired) electrons. The minimum atomic E-state index is -3.65. The zero-order chi connectivity index (χ0) is 22.7. The maximum Gasteiger partial charge on any atom is 0.243 e. The molecule has 0 bridgehead atoms. The van der Waals surface area contributed by atoms with E-state index in [-0.39, 0.29) is 23.1 Å². The van der Waals surface area contributed by atoms with Crippen LogP contribution in [0.4, 0.5) is 5.69 Å². The zero-order valence-electron chi connectivity index (χ0n) is 18.3. The van der Waals surface area contributed by atoms with Crippen LogP contribution in [0.2, 0.25) is 0 Å². The lowest BCUT2D eigenvalue weighted by atomic mass is 10.1. The van der Waals surface area contributed by atoms with Gasteiger partial charge in [-0.25, -0.2) is 8.42 Å². The van der Waals surface area contributed by atoms with Gasteiger partial charge in [0.05, 0.1) is 31.3 Å². The van der Waals surface area contributed by atoms with E-state index in [2.05, 4.69) is 10.2 Å². The second kappa shape index (κ2) is 9.84. The predicted octanol–water partition coefficient (Wildman–Crippen LogP) is -0.566. The Morgan fingerprint density at radius 2 is 1.72 bits per heavy atom. The molecule has 0 aromatic heterocycles. The summed E-state index contributed by atoms with van der Waals surface area (Å²) in [4.78, 5) is 29.1. The summed E-state index contributed by atoms with van der Waals surface area (Å²) >= 11 is 0. The molecule has 0 aliphatic carbocycles. The fraction of sp³-hybridized carbons (Fsp3) is 0.619. The lowest BCUT2D eigenvalue weighted by Crippen LogP contribution is -2.49. The van der Waals surface area contributed by atoms with Crippen LogP contribution in [0, 0.1) is 0 Å². The maximum absolute atomic E-state index is 13.0. The van der Waals surface area contributed by atoms with Crippen molar-refractivity contribution in [1.29, 1.82) is 0 Å². The Balaban J connectivity index is 1.46. The standard InChI is InChI=1S/C21H30N4O6S/c1-16(26)25-19-3-2-18(32(28,29)24-8-12-31-13-9-24)14-17(19)15-20(25)21(27)22-4-5-23-6-10-30-11-7-23/h2-3,14,20H,4-13,15H2,1H3,(H,22,27). The van der Waals surface area contributed by atoms with Crippen LogP contribution in [-0.2, 0) is 35.5 Å². The highest BCUT2D eigenvalue weighted by Crippen LogP contribution is 2.35. The first-order chi connectivity index (χ1) is 15.4. The van der Waals surface area contributed by atoms with E-state index in [0.29, 0.717) is 57.3 Å². The molecular weight excluding hydrogens is 436 g/mol. The lowest BCUT2D eigenvalue weighted by Gasteiger charge is -2.27. The molecule has 2 fully saturated rings. The number of benzene rings is 1. The van der Waals surface area contributed by atoms with Crippen molar-refractivity contribution in [2.24, 2.45) is 0 Å². The molecular formula is C21H30N4O6S. The van der Waals surface area contributed by atoms with E-state index in [9.17, 15) is 18.0 Å². The van der Waals surface area contributed by atoms with Gasteiger partial charge in [-0.3, -0.25) is 19.4 Å². The number of hydrogen-bond acceptors (Lipinski definition) is 7. The Morgan fingerprint density at radius 3 is 2.38 bits per heavy atom. The number of nitrogens with zero attached hydrogens (tertiary/aromatic N) is 3. The number of morpholine rings is 2. The Morgan fingerprint density at radius 1 is 1.06 bits per heavy atom. The first-order valence-corrected chi connectivity index (χ1v) is 12.4. The molecule has 3 heterocycles. The first kappa shape index (κ1) is 23.1. The predicted molar refractivity (Wildman–Crippen MR) is 117 cm³/mol. The number of sulfonamides is 1. The van der Waals surface area contributed by atoms with Crippen LogP contribution >= 0.6 is 0 Å². The highest BCUT2D eigenvalue weighted by molar-refractivity contribution is 7.89. The summed E-state index contributed by atoms with van der Waals surface area (Å²) in [5, 5.41) is 2.93. The maximum atomic E-state index is 13.0. The Hall–Kier alpha value is -2.05. The van der Waals surface area contributed by atoms with Crippen molar-refractivity contribution in [3.8, 4) is 0 Å². The van der Waals surface area contributed by atoms with Crippen molar-refractivity contribution in [2.75, 3.05) is 70.6 Å². The van der Waals surface area contributed by atoms with Crippen molar-refractivity contribution in [3.05, 3.63) is 23.8 Å². The van der Waals surface area contributed by atoms with Crippen LogP contribution < -0.4 is 10.2 Å². The van der Waals surface area contributed by atoms with Gasteiger partial charge < -0.3 is 14.8 Å². The number of nitrogens with one attached hydrogen (secondary N) is 1. The van der Waals surface area contributed by atoms with Gasteiger partial charge in [0.15, 0.2) is 0 Å². The number of carbonyl (C=O) groups is 2. The van der Waals surface area contributed by atoms with Gasteiger partial charge in [-0.15, -0.1) is 0 Å². The van der Waals surface area contributed by atoms with Gasteiger partial charge in [0.1, 0.15) is 6.04 Å². The summed E-state index contributed by atoms with van der Waals surface area (Å²) in [5.74, 6) is -0.483. The fourth-order valence-electron chi connectivity index (χ4n) is 4.40. The van der Waals surface area contributed by atoms with Crippen LogP contribution in [0.3, 0.4) is 0 Å². The SMILES string of the molecule is CC(=O)N1c2ccc(S(=O)(=O)N3CCOCC3)cc2CC1C(=O)NCCN1CCOCC1. The molecule has 176 valence electrons. The molecule has 2 amide bonds. The molecule has 2 saturated heterocycles. The number of amides is 2. The van der Waals surface area contributed by atoms with E-state index in [4.69, 9.17) is 9.47 Å². The third-order valence-corrected chi connectivity index (χ3v) is 8.01. The molecule has 10 nitrogen and oxygen atoms in total. The molecule has 3 aliphatic heterocycles. The molecule has 1 N–H and O–H groups in total. The van der Waals surface area contributed by atoms with Crippen molar-refractivity contribution in [3.63, 3.8) is 0 Å². The average Bonchev–Trinajstić information content (AvgIpc) is 3.19. The summed E-state index contributed by atoms with van der Waals surface area (Å²) in [6, 6.07) is 4.05. The van der Waals surface area contributed by atoms with Gasteiger partial charge in [0.25, 0.3) is 0 Å². The Bertz CT molecular complexity index is 957. The molecule has 1 unspecified atom stereocenters. The molecule has 1 atom stereocenters. The van der Waals surface area contributed by atoms with Gasteiger partial charge >= 0.3 is 0 Å². The summed E-state index contributed by atoms with van der Waals surface area (Å²) < 4.78 is 38.0. The van der Waals surface area contributed by atoms with Crippen molar-refractivity contribution in [1.82, 2.24) is 14.5 Å². The topological polar surface area (TPSA) is 108 Å². The normalized spacial score (nSPS) is 22.5. The number of ether oxygens (including phenoxy) is 2. The molecule has 0 saturated carbocycles. The number of fused-ring (bicyclic) bond motifs is 1. The van der Waals surface area contributed by atoms with Crippen molar-refractivity contribution >= 4 is 27.5 Å². The van der Waals surface area contributed by atoms with E-state index >= 15 is 0 Å². The minimum absolute atomic E-state index is 0.176. The third-order valence-electron chi connectivity index (χ3n) is 6.12. The molecule has 0 spiro atoms. The van der Waals surface area contributed by atoms with E-state index in [1.807, 2.05) is 0 Å². The van der Waals surface area contributed by atoms with E-state index < -0.39 is 16.1 Å². The van der Waals surface area contributed by atoms with Gasteiger partial charge in [-0.2, -0.15) is 4.31 Å². The molecule has 11 heteroatoms. The second-order valence-corrected chi connectivity index (χ2v) is 10.1.